The number of aliphatic hydroxyl groups excluding tert-OH is 2. The normalized spacial score (nSPS) is 40.7. The van der Waals surface area contributed by atoms with Crippen LogP contribution in [0.15, 0.2) is 12.2 Å². The molecule has 0 unspecified atom stereocenters. The van der Waals surface area contributed by atoms with Crippen molar-refractivity contribution in [2.75, 3.05) is 13.1 Å². The van der Waals surface area contributed by atoms with Gasteiger partial charge in [0.1, 0.15) is 0 Å². The van der Waals surface area contributed by atoms with Gasteiger partial charge in [-0.05, 0) is 135 Å². The van der Waals surface area contributed by atoms with Gasteiger partial charge in [-0.15, -0.1) is 0 Å². The summed E-state index contributed by atoms with van der Waals surface area (Å²) in [5, 5.41) is 35.4. The van der Waals surface area contributed by atoms with Crippen LogP contribution in [0.3, 0.4) is 0 Å². The number of allylic oxidation sites excluding steroid dienone is 1. The SMILES string of the molecule is C=C(C)[C@@H]1CC[C@]2(C(=O)NCCCCCCCC(=O)NC[C@H](O)CC(=O)O)CC[C@]3(C)[C@H](CC[C@H]4[C@@]5(C)CC[C@H](O)C(C)(C)[C@@H]5CC[C@]43C)[C@@H]12. The van der Waals surface area contributed by atoms with Gasteiger partial charge in [-0.1, -0.05) is 66.0 Å². The molecule has 0 radical (unpaired) electrons. The van der Waals surface area contributed by atoms with Gasteiger partial charge in [-0.3, -0.25) is 14.4 Å². The van der Waals surface area contributed by atoms with Crippen LogP contribution in [0.1, 0.15) is 151 Å². The molecule has 0 aromatic carbocycles. The summed E-state index contributed by atoms with van der Waals surface area (Å²) in [6.45, 7) is 19.8. The van der Waals surface area contributed by atoms with Crippen LogP contribution in [0.5, 0.6) is 0 Å². The third kappa shape index (κ3) is 6.83. The first-order chi connectivity index (χ1) is 23.4. The predicted octanol–water partition coefficient (Wildman–Crippen LogP) is 7.41. The number of aliphatic carboxylic acids is 1. The van der Waals surface area contributed by atoms with Gasteiger partial charge in [0.15, 0.2) is 0 Å². The number of fused-ring (bicyclic) bond motifs is 7. The van der Waals surface area contributed by atoms with Crippen molar-refractivity contribution >= 4 is 17.8 Å². The minimum absolute atomic E-state index is 0.0375. The molecule has 5 rings (SSSR count). The summed E-state index contributed by atoms with van der Waals surface area (Å²) in [6.07, 6.45) is 14.3. The summed E-state index contributed by atoms with van der Waals surface area (Å²) in [5.74, 6) is 1.51. The van der Waals surface area contributed by atoms with Crippen LogP contribution >= 0.6 is 0 Å². The van der Waals surface area contributed by atoms with E-state index >= 15 is 0 Å². The van der Waals surface area contributed by atoms with Crippen molar-refractivity contribution in [3.05, 3.63) is 12.2 Å². The second-order valence-corrected chi connectivity index (χ2v) is 19.0. The Morgan fingerprint density at radius 3 is 2.20 bits per heavy atom. The highest BCUT2D eigenvalue weighted by molar-refractivity contribution is 5.84. The van der Waals surface area contributed by atoms with Gasteiger partial charge in [0.25, 0.3) is 0 Å². The molecule has 50 heavy (non-hydrogen) atoms. The second-order valence-electron chi connectivity index (χ2n) is 19.0. The van der Waals surface area contributed by atoms with Gasteiger partial charge in [-0.25, -0.2) is 0 Å². The van der Waals surface area contributed by atoms with Gasteiger partial charge in [0, 0.05) is 19.5 Å². The number of carbonyl (C=O) groups excluding carboxylic acids is 2. The molecule has 0 saturated heterocycles. The summed E-state index contributed by atoms with van der Waals surface area (Å²) in [6, 6.07) is 0. The minimum Gasteiger partial charge on any atom is -0.481 e. The third-order valence-electron chi connectivity index (χ3n) is 16.3. The number of carboxylic acids is 1. The van der Waals surface area contributed by atoms with Crippen LogP contribution in [-0.4, -0.2) is 58.4 Å². The van der Waals surface area contributed by atoms with Crippen LogP contribution in [-0.2, 0) is 14.4 Å². The average Bonchev–Trinajstić information content (AvgIpc) is 3.44. The van der Waals surface area contributed by atoms with Gasteiger partial charge in [0.2, 0.25) is 11.8 Å². The molecule has 0 bridgehead atoms. The largest absolute Gasteiger partial charge is 0.481 e. The van der Waals surface area contributed by atoms with Crippen molar-refractivity contribution < 1.29 is 29.7 Å². The van der Waals surface area contributed by atoms with Gasteiger partial charge < -0.3 is 26.0 Å². The number of amides is 2. The van der Waals surface area contributed by atoms with Crippen LogP contribution in [0.2, 0.25) is 0 Å². The number of nitrogens with one attached hydrogen (secondary N) is 2. The van der Waals surface area contributed by atoms with Gasteiger partial charge in [-0.2, -0.15) is 0 Å². The van der Waals surface area contributed by atoms with Crippen LogP contribution in [0.25, 0.3) is 0 Å². The van der Waals surface area contributed by atoms with E-state index < -0.39 is 12.1 Å². The first-order valence-electron chi connectivity index (χ1n) is 20.2. The van der Waals surface area contributed by atoms with Crippen molar-refractivity contribution in [3.8, 4) is 0 Å². The van der Waals surface area contributed by atoms with E-state index in [0.717, 1.165) is 70.6 Å². The number of hydrogen-bond donors (Lipinski definition) is 5. The Morgan fingerprint density at radius 1 is 0.800 bits per heavy atom. The quantitative estimate of drug-likeness (QED) is 0.0947. The molecule has 2 amide bonds. The van der Waals surface area contributed by atoms with E-state index in [2.05, 4.69) is 58.8 Å². The molecule has 5 N–H and O–H groups in total. The highest BCUT2D eigenvalue weighted by Crippen LogP contribution is 2.77. The smallest absolute Gasteiger partial charge is 0.306 e. The number of carboxylic acid groups (broad SMARTS) is 1. The highest BCUT2D eigenvalue weighted by atomic mass is 16.4. The molecule has 0 aromatic rings. The predicted molar refractivity (Wildman–Crippen MR) is 197 cm³/mol. The zero-order valence-electron chi connectivity index (χ0n) is 32.2. The molecule has 11 atom stereocenters. The van der Waals surface area contributed by atoms with E-state index in [1.807, 2.05) is 0 Å². The molecule has 5 aliphatic rings. The van der Waals surface area contributed by atoms with Crippen molar-refractivity contribution in [2.45, 2.75) is 163 Å². The lowest BCUT2D eigenvalue weighted by Crippen LogP contribution is -2.67. The topological polar surface area (TPSA) is 136 Å². The standard InChI is InChI=1S/C42H70N2O6/c1-27(2)29-16-21-42(37(50)43-24-12-10-8-9-11-13-34(47)44-26-28(45)25-35(48)49)23-22-40(6)30(36(29)42)14-15-32-39(5)19-18-33(46)38(3,4)31(39)17-20-41(32,40)7/h28-33,36,45-46H,1,8-26H2,2-7H3,(H,43,50)(H,44,47)(H,48,49)/t28-,29+,30-,31+,32+,33+,36-,39+,40-,41-,42+/m1/s1. The first-order valence-corrected chi connectivity index (χ1v) is 20.2. The molecular formula is C42H70N2O6. The lowest BCUT2D eigenvalue weighted by molar-refractivity contribution is -0.246. The Bertz CT molecular complexity index is 1280. The maximum absolute atomic E-state index is 14.4. The highest BCUT2D eigenvalue weighted by Gasteiger charge is 2.71. The fourth-order valence-electron chi connectivity index (χ4n) is 13.4. The maximum Gasteiger partial charge on any atom is 0.306 e. The second kappa shape index (κ2) is 14.8. The Hall–Kier alpha value is -1.93. The molecule has 8 nitrogen and oxygen atoms in total. The van der Waals surface area contributed by atoms with E-state index in [1.54, 1.807) is 0 Å². The van der Waals surface area contributed by atoms with Gasteiger partial charge in [0.05, 0.1) is 24.0 Å². The summed E-state index contributed by atoms with van der Waals surface area (Å²) < 4.78 is 0. The summed E-state index contributed by atoms with van der Waals surface area (Å²) in [7, 11) is 0. The molecule has 0 aliphatic heterocycles. The minimum atomic E-state index is -1.08. The Balaban J connectivity index is 1.17. The van der Waals surface area contributed by atoms with Gasteiger partial charge >= 0.3 is 5.97 Å². The van der Waals surface area contributed by atoms with E-state index in [-0.39, 0.29) is 58.0 Å². The van der Waals surface area contributed by atoms with E-state index in [4.69, 9.17) is 5.11 Å². The van der Waals surface area contributed by atoms with Crippen molar-refractivity contribution in [3.63, 3.8) is 0 Å². The molecule has 0 spiro atoms. The number of unbranched alkanes of at least 4 members (excludes halogenated alkanes) is 4. The van der Waals surface area contributed by atoms with Crippen molar-refractivity contribution in [1.82, 2.24) is 10.6 Å². The summed E-state index contributed by atoms with van der Waals surface area (Å²) in [5.41, 5.74) is 1.57. The molecular weight excluding hydrogens is 628 g/mol. The Labute approximate surface area is 302 Å². The first kappa shape index (κ1) is 39.3. The molecule has 0 heterocycles. The number of carbonyl (C=O) groups is 3. The molecule has 5 aliphatic carbocycles. The van der Waals surface area contributed by atoms with Crippen LogP contribution in [0, 0.1) is 56.7 Å². The van der Waals surface area contributed by atoms with E-state index in [1.165, 1.54) is 31.3 Å². The fraction of sp³-hybridized carbons (Fsp3) is 0.881. The Kier molecular flexibility index (Phi) is 11.7. The number of rotatable bonds is 14. The molecule has 8 heteroatoms. The lowest BCUT2D eigenvalue weighted by Gasteiger charge is -2.72. The lowest BCUT2D eigenvalue weighted by atomic mass is 9.32. The molecule has 284 valence electrons. The molecule has 5 fully saturated rings. The van der Waals surface area contributed by atoms with E-state index in [0.29, 0.717) is 42.6 Å². The zero-order valence-corrected chi connectivity index (χ0v) is 32.2. The van der Waals surface area contributed by atoms with E-state index in [9.17, 15) is 24.6 Å². The maximum atomic E-state index is 14.4. The number of aliphatic hydroxyl groups is 2. The summed E-state index contributed by atoms with van der Waals surface area (Å²) in [4.78, 5) is 37.0. The molecule has 5 saturated carbocycles. The summed E-state index contributed by atoms with van der Waals surface area (Å²) >= 11 is 0. The molecule has 0 aromatic heterocycles. The Morgan fingerprint density at radius 2 is 1.50 bits per heavy atom. The van der Waals surface area contributed by atoms with Crippen molar-refractivity contribution in [2.24, 2.45) is 56.7 Å². The third-order valence-corrected chi connectivity index (χ3v) is 16.3. The number of hydrogen-bond acceptors (Lipinski definition) is 5. The van der Waals surface area contributed by atoms with Crippen molar-refractivity contribution in [1.29, 1.82) is 0 Å². The zero-order chi connectivity index (χ0) is 36.7. The average molecular weight is 699 g/mol. The fourth-order valence-corrected chi connectivity index (χ4v) is 13.4. The van der Waals surface area contributed by atoms with Crippen LogP contribution in [0.4, 0.5) is 0 Å². The van der Waals surface area contributed by atoms with Crippen LogP contribution < -0.4 is 10.6 Å². The monoisotopic (exact) mass is 699 g/mol.